The fraction of sp³-hybridized carbons (Fsp3) is 0.929. The summed E-state index contributed by atoms with van der Waals surface area (Å²) in [5.41, 5.74) is 0. The SMILES string of the molecule is CO[C@@H]1C(COCCCCCC(=O)[O-])O[C@H](C)C(O)[C@@H]1O.[Na+]. The van der Waals surface area contributed by atoms with E-state index in [1.165, 1.54) is 7.11 Å². The van der Waals surface area contributed by atoms with Gasteiger partial charge in [-0.25, -0.2) is 0 Å². The second-order valence-corrected chi connectivity index (χ2v) is 5.32. The quantitative estimate of drug-likeness (QED) is 0.327. The molecule has 7 nitrogen and oxygen atoms in total. The molecule has 0 aliphatic carbocycles. The third-order valence-corrected chi connectivity index (χ3v) is 3.65. The van der Waals surface area contributed by atoms with Gasteiger partial charge in [0.25, 0.3) is 0 Å². The Bertz CT molecular complexity index is 316. The van der Waals surface area contributed by atoms with Crippen molar-refractivity contribution >= 4 is 5.97 Å². The van der Waals surface area contributed by atoms with E-state index in [2.05, 4.69) is 0 Å². The minimum Gasteiger partial charge on any atom is -0.550 e. The van der Waals surface area contributed by atoms with E-state index >= 15 is 0 Å². The van der Waals surface area contributed by atoms with Crippen LogP contribution in [0, 0.1) is 0 Å². The van der Waals surface area contributed by atoms with Gasteiger partial charge in [0, 0.05) is 19.7 Å². The van der Waals surface area contributed by atoms with Crippen molar-refractivity contribution in [2.24, 2.45) is 0 Å². The van der Waals surface area contributed by atoms with E-state index < -0.39 is 36.5 Å². The standard InChI is InChI=1S/C14H26O7.Na/c1-9-12(17)13(18)14(19-2)10(21-9)8-20-7-5-3-4-6-11(15)16;/h9-10,12-14,17-18H,3-8H2,1-2H3,(H,15,16);/q;+1/p-1/t9-,10?,12?,13+,14-;/m1./s1. The van der Waals surface area contributed by atoms with Crippen LogP contribution in [-0.4, -0.2) is 67.0 Å². The molecule has 0 aromatic rings. The normalized spacial score (nSPS) is 31.5. The third-order valence-electron chi connectivity index (χ3n) is 3.65. The maximum absolute atomic E-state index is 10.2. The number of aliphatic hydroxyl groups excluding tert-OH is 2. The molecule has 8 heteroatoms. The Kier molecular flexibility index (Phi) is 11.9. The Morgan fingerprint density at radius 1 is 1.23 bits per heavy atom. The maximum Gasteiger partial charge on any atom is 1.00 e. The summed E-state index contributed by atoms with van der Waals surface area (Å²) >= 11 is 0. The van der Waals surface area contributed by atoms with Crippen molar-refractivity contribution in [1.82, 2.24) is 0 Å². The number of carbonyl (C=O) groups is 1. The Balaban J connectivity index is 0.00000441. The van der Waals surface area contributed by atoms with Gasteiger partial charge >= 0.3 is 29.6 Å². The third kappa shape index (κ3) is 7.23. The molecule has 0 aromatic heterocycles. The van der Waals surface area contributed by atoms with Gasteiger partial charge in [-0.2, -0.15) is 0 Å². The molecule has 2 unspecified atom stereocenters. The van der Waals surface area contributed by atoms with Crippen LogP contribution >= 0.6 is 0 Å². The van der Waals surface area contributed by atoms with Crippen molar-refractivity contribution in [3.05, 3.63) is 0 Å². The molecule has 5 atom stereocenters. The van der Waals surface area contributed by atoms with E-state index in [1.54, 1.807) is 6.92 Å². The van der Waals surface area contributed by atoms with E-state index in [0.29, 0.717) is 13.0 Å². The minimum atomic E-state index is -1.03. The monoisotopic (exact) mass is 328 g/mol. The number of carboxylic acid groups (broad SMARTS) is 1. The largest absolute Gasteiger partial charge is 1.00 e. The Morgan fingerprint density at radius 2 is 1.91 bits per heavy atom. The number of unbranched alkanes of at least 4 members (excludes halogenated alkanes) is 2. The fourth-order valence-corrected chi connectivity index (χ4v) is 2.40. The molecule has 0 saturated carbocycles. The molecule has 0 aromatic carbocycles. The Morgan fingerprint density at radius 3 is 2.50 bits per heavy atom. The number of methoxy groups -OCH3 is 1. The first kappa shape index (κ1) is 22.3. The molecule has 124 valence electrons. The van der Waals surface area contributed by atoms with Gasteiger partial charge in [-0.05, 0) is 26.2 Å². The number of carbonyl (C=O) groups excluding carboxylic acids is 1. The van der Waals surface area contributed by atoms with Gasteiger partial charge < -0.3 is 34.3 Å². The molecule has 0 radical (unpaired) electrons. The number of hydrogen-bond donors (Lipinski definition) is 2. The summed E-state index contributed by atoms with van der Waals surface area (Å²) in [5, 5.41) is 29.9. The second-order valence-electron chi connectivity index (χ2n) is 5.32. The average Bonchev–Trinajstić information content (AvgIpc) is 2.43. The minimum absolute atomic E-state index is 0. The van der Waals surface area contributed by atoms with Crippen molar-refractivity contribution in [1.29, 1.82) is 0 Å². The predicted octanol–water partition coefficient (Wildman–Crippen LogP) is -4.16. The van der Waals surface area contributed by atoms with Gasteiger partial charge in [-0.15, -0.1) is 0 Å². The number of carboxylic acids is 1. The van der Waals surface area contributed by atoms with Gasteiger partial charge in [-0.3, -0.25) is 0 Å². The topological polar surface area (TPSA) is 108 Å². The van der Waals surface area contributed by atoms with Crippen LogP contribution in [0.5, 0.6) is 0 Å². The smallest absolute Gasteiger partial charge is 0.550 e. The molecule has 2 N–H and O–H groups in total. The van der Waals surface area contributed by atoms with Crippen LogP contribution in [0.15, 0.2) is 0 Å². The summed E-state index contributed by atoms with van der Waals surface area (Å²) < 4.78 is 16.2. The maximum atomic E-state index is 10.2. The van der Waals surface area contributed by atoms with E-state index in [4.69, 9.17) is 14.2 Å². The van der Waals surface area contributed by atoms with E-state index in [0.717, 1.165) is 12.8 Å². The van der Waals surface area contributed by atoms with Crippen LogP contribution < -0.4 is 34.7 Å². The zero-order valence-corrected chi connectivity index (χ0v) is 15.6. The number of rotatable bonds is 9. The number of aliphatic carboxylic acids is 1. The molecule has 1 saturated heterocycles. The Labute approximate surface area is 153 Å². The first-order chi connectivity index (χ1) is 9.97. The predicted molar refractivity (Wildman–Crippen MR) is 71.4 cm³/mol. The first-order valence-corrected chi connectivity index (χ1v) is 7.29. The molecule has 1 fully saturated rings. The van der Waals surface area contributed by atoms with E-state index in [-0.39, 0.29) is 42.6 Å². The summed E-state index contributed by atoms with van der Waals surface area (Å²) in [6.07, 6.45) is -1.38. The molecule has 1 aliphatic heterocycles. The van der Waals surface area contributed by atoms with Crippen molar-refractivity contribution in [2.75, 3.05) is 20.3 Å². The van der Waals surface area contributed by atoms with Crippen LogP contribution in [-0.2, 0) is 19.0 Å². The van der Waals surface area contributed by atoms with Gasteiger partial charge in [0.1, 0.15) is 24.4 Å². The zero-order chi connectivity index (χ0) is 15.8. The zero-order valence-electron chi connectivity index (χ0n) is 13.6. The van der Waals surface area contributed by atoms with Crippen LogP contribution in [0.2, 0.25) is 0 Å². The Hall–Kier alpha value is 0.270. The average molecular weight is 328 g/mol. The molecular formula is C14H25NaO7. The molecule has 0 spiro atoms. The van der Waals surface area contributed by atoms with Crippen molar-refractivity contribution in [2.45, 2.75) is 63.1 Å². The summed E-state index contributed by atoms with van der Waals surface area (Å²) in [7, 11) is 1.45. The fourth-order valence-electron chi connectivity index (χ4n) is 2.40. The second kappa shape index (κ2) is 11.8. The molecule has 0 bridgehead atoms. The summed E-state index contributed by atoms with van der Waals surface area (Å²) in [4.78, 5) is 10.2. The van der Waals surface area contributed by atoms with E-state index in [1.807, 2.05) is 0 Å². The molecule has 1 heterocycles. The van der Waals surface area contributed by atoms with Crippen molar-refractivity contribution in [3.8, 4) is 0 Å². The molecule has 1 aliphatic rings. The van der Waals surface area contributed by atoms with Crippen LogP contribution in [0.25, 0.3) is 0 Å². The van der Waals surface area contributed by atoms with Crippen LogP contribution in [0.1, 0.15) is 32.6 Å². The van der Waals surface area contributed by atoms with Crippen molar-refractivity contribution in [3.63, 3.8) is 0 Å². The van der Waals surface area contributed by atoms with Crippen molar-refractivity contribution < 1.29 is 63.9 Å². The van der Waals surface area contributed by atoms with E-state index in [9.17, 15) is 20.1 Å². The number of ether oxygens (including phenoxy) is 3. The molecule has 22 heavy (non-hydrogen) atoms. The van der Waals surface area contributed by atoms with Gasteiger partial charge in [0.2, 0.25) is 0 Å². The molecular weight excluding hydrogens is 303 g/mol. The summed E-state index contributed by atoms with van der Waals surface area (Å²) in [6.45, 7) is 2.43. The number of aliphatic hydroxyl groups is 2. The summed E-state index contributed by atoms with van der Waals surface area (Å²) in [5.74, 6) is -1.03. The molecule has 0 amide bonds. The van der Waals surface area contributed by atoms with Gasteiger partial charge in [-0.1, -0.05) is 6.42 Å². The van der Waals surface area contributed by atoms with Crippen LogP contribution in [0.4, 0.5) is 0 Å². The van der Waals surface area contributed by atoms with Gasteiger partial charge in [0.15, 0.2) is 0 Å². The van der Waals surface area contributed by atoms with Crippen LogP contribution in [0.3, 0.4) is 0 Å². The molecule has 1 rings (SSSR count). The van der Waals surface area contributed by atoms with Gasteiger partial charge in [0.05, 0.1) is 12.7 Å². The first-order valence-electron chi connectivity index (χ1n) is 7.29. The number of hydrogen-bond acceptors (Lipinski definition) is 7. The summed E-state index contributed by atoms with van der Waals surface area (Å²) in [6, 6.07) is 0.